The van der Waals surface area contributed by atoms with Crippen molar-refractivity contribution in [1.29, 1.82) is 0 Å². The molecule has 0 aromatic heterocycles. The molecule has 0 saturated heterocycles. The summed E-state index contributed by atoms with van der Waals surface area (Å²) in [4.78, 5) is 0. The van der Waals surface area contributed by atoms with Gasteiger partial charge in [0.2, 0.25) is 0 Å². The highest BCUT2D eigenvalue weighted by Gasteiger charge is 2.19. The Labute approximate surface area is 129 Å². The molecule has 2 nitrogen and oxygen atoms in total. The lowest BCUT2D eigenvalue weighted by Crippen LogP contribution is -2.19. The first-order valence-corrected chi connectivity index (χ1v) is 7.09. The summed E-state index contributed by atoms with van der Waals surface area (Å²) >= 11 is 12.4. The molecule has 2 rings (SSSR count). The summed E-state index contributed by atoms with van der Waals surface area (Å²) in [6.45, 7) is 2.05. The van der Waals surface area contributed by atoms with Gasteiger partial charge in [-0.2, -0.15) is 0 Å². The molecule has 0 saturated carbocycles. The van der Waals surface area contributed by atoms with Gasteiger partial charge in [-0.1, -0.05) is 40.9 Å². The second kappa shape index (κ2) is 6.49. The van der Waals surface area contributed by atoms with Crippen LogP contribution in [0.15, 0.2) is 36.4 Å². The number of rotatable bonds is 4. The fraction of sp³-hybridized carbons (Fsp3) is 0.250. The van der Waals surface area contributed by atoms with Crippen LogP contribution in [0.1, 0.15) is 22.7 Å². The quantitative estimate of drug-likeness (QED) is 0.890. The maximum Gasteiger partial charge on any atom is 0.124 e. The van der Waals surface area contributed by atoms with Crippen molar-refractivity contribution in [2.24, 2.45) is 0 Å². The van der Waals surface area contributed by atoms with Gasteiger partial charge < -0.3 is 10.1 Å². The maximum absolute atomic E-state index is 6.32. The minimum atomic E-state index is -0.0731. The molecule has 0 heterocycles. The molecular weight excluding hydrogens is 293 g/mol. The Balaban J connectivity index is 2.57. The van der Waals surface area contributed by atoms with E-state index in [1.165, 1.54) is 5.56 Å². The zero-order valence-corrected chi connectivity index (χ0v) is 13.2. The number of hydrogen-bond donors (Lipinski definition) is 1. The second-order valence-corrected chi connectivity index (χ2v) is 5.48. The summed E-state index contributed by atoms with van der Waals surface area (Å²) in [5.41, 5.74) is 3.14. The second-order valence-electron chi connectivity index (χ2n) is 4.63. The van der Waals surface area contributed by atoms with Gasteiger partial charge in [-0.25, -0.2) is 0 Å². The smallest absolute Gasteiger partial charge is 0.124 e. The highest BCUT2D eigenvalue weighted by molar-refractivity contribution is 6.33. The van der Waals surface area contributed by atoms with E-state index in [2.05, 4.69) is 18.3 Å². The van der Waals surface area contributed by atoms with Crippen LogP contribution in [-0.2, 0) is 0 Å². The summed E-state index contributed by atoms with van der Waals surface area (Å²) in [5.74, 6) is 0.825. The van der Waals surface area contributed by atoms with E-state index in [0.29, 0.717) is 10.0 Å². The molecule has 0 fully saturated rings. The maximum atomic E-state index is 6.32. The number of benzene rings is 2. The average Bonchev–Trinajstić information content (AvgIpc) is 2.44. The zero-order valence-electron chi connectivity index (χ0n) is 11.7. The molecule has 0 spiro atoms. The number of nitrogens with one attached hydrogen (secondary N) is 1. The van der Waals surface area contributed by atoms with Crippen LogP contribution < -0.4 is 10.1 Å². The van der Waals surface area contributed by atoms with Crippen LogP contribution in [0.5, 0.6) is 5.75 Å². The number of hydrogen-bond acceptors (Lipinski definition) is 2. The van der Waals surface area contributed by atoms with Crippen molar-refractivity contribution in [2.45, 2.75) is 13.0 Å². The predicted molar refractivity (Wildman–Crippen MR) is 85.1 cm³/mol. The van der Waals surface area contributed by atoms with Gasteiger partial charge >= 0.3 is 0 Å². The van der Waals surface area contributed by atoms with Crippen molar-refractivity contribution < 1.29 is 4.74 Å². The van der Waals surface area contributed by atoms with Gasteiger partial charge in [-0.15, -0.1) is 0 Å². The van der Waals surface area contributed by atoms with Crippen molar-refractivity contribution in [2.75, 3.05) is 14.2 Å². The van der Waals surface area contributed by atoms with E-state index in [1.807, 2.05) is 31.3 Å². The van der Waals surface area contributed by atoms with Crippen molar-refractivity contribution in [3.05, 3.63) is 63.1 Å². The topological polar surface area (TPSA) is 21.3 Å². The minimum Gasteiger partial charge on any atom is -0.496 e. The standard InChI is InChI=1S/C16H17Cl2NO/c1-10-4-7-15(20-3)13(8-10)16(19-2)12-9-11(17)5-6-14(12)18/h4-9,16,19H,1-3H3. The largest absolute Gasteiger partial charge is 0.496 e. The van der Waals surface area contributed by atoms with Gasteiger partial charge in [-0.3, -0.25) is 0 Å². The van der Waals surface area contributed by atoms with Crippen LogP contribution in [0.2, 0.25) is 10.0 Å². The lowest BCUT2D eigenvalue weighted by molar-refractivity contribution is 0.405. The fourth-order valence-corrected chi connectivity index (χ4v) is 2.70. The van der Waals surface area contributed by atoms with E-state index in [9.17, 15) is 0 Å². The van der Waals surface area contributed by atoms with Crippen LogP contribution in [0.25, 0.3) is 0 Å². The molecule has 2 aromatic carbocycles. The Morgan fingerprint density at radius 2 is 1.80 bits per heavy atom. The third-order valence-corrected chi connectivity index (χ3v) is 3.83. The van der Waals surface area contributed by atoms with Crippen LogP contribution in [0, 0.1) is 6.92 Å². The first-order chi connectivity index (χ1) is 9.56. The van der Waals surface area contributed by atoms with E-state index >= 15 is 0 Å². The summed E-state index contributed by atoms with van der Waals surface area (Å²) in [6.07, 6.45) is 0. The Kier molecular flexibility index (Phi) is 4.92. The average molecular weight is 310 g/mol. The Hall–Kier alpha value is -1.22. The third-order valence-electron chi connectivity index (χ3n) is 3.25. The number of ether oxygens (including phenoxy) is 1. The third kappa shape index (κ3) is 3.09. The normalized spacial score (nSPS) is 12.2. The van der Waals surface area contributed by atoms with Gasteiger partial charge in [-0.05, 0) is 43.8 Å². The lowest BCUT2D eigenvalue weighted by Gasteiger charge is -2.21. The monoisotopic (exact) mass is 309 g/mol. The molecule has 0 aliphatic carbocycles. The highest BCUT2D eigenvalue weighted by Crippen LogP contribution is 2.35. The first kappa shape index (κ1) is 15.2. The van der Waals surface area contributed by atoms with Gasteiger partial charge in [0.25, 0.3) is 0 Å². The molecule has 1 unspecified atom stereocenters. The molecule has 106 valence electrons. The van der Waals surface area contributed by atoms with Gasteiger partial charge in [0.05, 0.1) is 13.2 Å². The van der Waals surface area contributed by atoms with Crippen molar-refractivity contribution in [1.82, 2.24) is 5.32 Å². The van der Waals surface area contributed by atoms with Gasteiger partial charge in [0.15, 0.2) is 0 Å². The molecule has 4 heteroatoms. The van der Waals surface area contributed by atoms with E-state index < -0.39 is 0 Å². The SMILES string of the molecule is CNC(c1cc(Cl)ccc1Cl)c1cc(C)ccc1OC. The van der Waals surface area contributed by atoms with Crippen LogP contribution in [0.3, 0.4) is 0 Å². The number of halogens is 2. The van der Waals surface area contributed by atoms with E-state index in [4.69, 9.17) is 27.9 Å². The highest BCUT2D eigenvalue weighted by atomic mass is 35.5. The van der Waals surface area contributed by atoms with Crippen molar-refractivity contribution >= 4 is 23.2 Å². The summed E-state index contributed by atoms with van der Waals surface area (Å²) in [5, 5.41) is 4.62. The zero-order chi connectivity index (χ0) is 14.7. The summed E-state index contributed by atoms with van der Waals surface area (Å²) in [7, 11) is 3.56. The van der Waals surface area contributed by atoms with Crippen LogP contribution in [-0.4, -0.2) is 14.2 Å². The first-order valence-electron chi connectivity index (χ1n) is 6.33. The van der Waals surface area contributed by atoms with E-state index in [-0.39, 0.29) is 6.04 Å². The van der Waals surface area contributed by atoms with E-state index in [0.717, 1.165) is 16.9 Å². The summed E-state index contributed by atoms with van der Waals surface area (Å²) in [6, 6.07) is 11.5. The molecule has 0 bridgehead atoms. The minimum absolute atomic E-state index is 0.0731. The predicted octanol–water partition coefficient (Wildman–Crippen LogP) is 4.62. The number of methoxy groups -OCH3 is 1. The molecule has 0 aliphatic rings. The lowest BCUT2D eigenvalue weighted by atomic mass is 9.96. The Morgan fingerprint density at radius 3 is 2.45 bits per heavy atom. The molecule has 0 aliphatic heterocycles. The molecule has 2 aromatic rings. The molecule has 1 atom stereocenters. The molecule has 0 radical (unpaired) electrons. The van der Waals surface area contributed by atoms with E-state index in [1.54, 1.807) is 13.2 Å². The summed E-state index contributed by atoms with van der Waals surface area (Å²) < 4.78 is 5.46. The van der Waals surface area contributed by atoms with Crippen LogP contribution >= 0.6 is 23.2 Å². The molecular formula is C16H17Cl2NO. The van der Waals surface area contributed by atoms with Crippen molar-refractivity contribution in [3.63, 3.8) is 0 Å². The van der Waals surface area contributed by atoms with Crippen LogP contribution in [0.4, 0.5) is 0 Å². The van der Waals surface area contributed by atoms with Gasteiger partial charge in [0.1, 0.15) is 5.75 Å². The molecule has 20 heavy (non-hydrogen) atoms. The molecule has 0 amide bonds. The number of aryl methyl sites for hydroxylation is 1. The Bertz CT molecular complexity index is 613. The Morgan fingerprint density at radius 1 is 1.05 bits per heavy atom. The fourth-order valence-electron chi connectivity index (χ4n) is 2.29. The molecule has 1 N–H and O–H groups in total. The van der Waals surface area contributed by atoms with Gasteiger partial charge in [0, 0.05) is 15.6 Å². The van der Waals surface area contributed by atoms with Crippen molar-refractivity contribution in [3.8, 4) is 5.75 Å².